The first-order chi connectivity index (χ1) is 23.5. The lowest BCUT2D eigenvalue weighted by molar-refractivity contribution is -0.142. The van der Waals surface area contributed by atoms with Crippen LogP contribution in [0.15, 0.2) is 5.38 Å². The number of nitrogens with one attached hydrogen (secondary N) is 2. The Kier molecular flexibility index (Phi) is 9.91. The Labute approximate surface area is 300 Å². The van der Waals surface area contributed by atoms with Gasteiger partial charge in [0.2, 0.25) is 23.5 Å². The standard InChI is InChI=1S/C37H57N7O5S/c1-7-42-14-16-43(17-15-42)27(45)19-24-21-50-33(39-24)41-29(34(2,3)4)32(49)44-22-37(35(5,6)36(37)12-9-13-36)20-26(44)31(48)40-25(28(46)30(38)47)18-23-10-8-11-23/h21,23,25-26,29H,7-20,22H2,1-6H3,(H2,38,47)(H,39,41)(H,40,48)/t25?,26-,29+,37+/m0/s1. The number of likely N-dealkylation sites (N-methyl/N-ethyl adjacent to an activating group) is 1. The van der Waals surface area contributed by atoms with Gasteiger partial charge in [0.1, 0.15) is 12.1 Å². The minimum absolute atomic E-state index is 0.0369. The van der Waals surface area contributed by atoms with Gasteiger partial charge < -0.3 is 31.1 Å². The minimum Gasteiger partial charge on any atom is -0.363 e. The fraction of sp³-hybridized carbons (Fsp3) is 0.784. The molecule has 3 saturated carbocycles. The van der Waals surface area contributed by atoms with Crippen LogP contribution in [0.4, 0.5) is 5.13 Å². The fourth-order valence-corrected chi connectivity index (χ4v) is 10.5. The number of thiazole rings is 1. The van der Waals surface area contributed by atoms with Gasteiger partial charge in [-0.2, -0.15) is 0 Å². The summed E-state index contributed by atoms with van der Waals surface area (Å²) in [7, 11) is 0. The van der Waals surface area contributed by atoms with E-state index in [0.29, 0.717) is 43.3 Å². The maximum Gasteiger partial charge on any atom is 0.287 e. The molecule has 5 aliphatic rings. The Morgan fingerprint density at radius 3 is 2.24 bits per heavy atom. The molecule has 4 atom stereocenters. The van der Waals surface area contributed by atoms with Crippen molar-refractivity contribution in [2.24, 2.45) is 33.3 Å². The predicted octanol–water partition coefficient (Wildman–Crippen LogP) is 3.20. The van der Waals surface area contributed by atoms with Gasteiger partial charge in [-0.3, -0.25) is 24.0 Å². The molecule has 13 heteroatoms. The van der Waals surface area contributed by atoms with E-state index in [0.717, 1.165) is 58.2 Å². The van der Waals surface area contributed by atoms with E-state index in [-0.39, 0.29) is 40.4 Å². The van der Waals surface area contributed by atoms with E-state index in [1.807, 2.05) is 31.1 Å². The minimum atomic E-state index is -1.05. The SMILES string of the molecule is CCN1CCN(C(=O)Cc2csc(N[C@H](C(=O)N3C[C@]4(C[C@H]3C(=O)NC(CC3CCC3)C(=O)C(N)=O)C(C)(C)C43CCC3)C(C)(C)C)n2)CC1. The molecular formula is C37H57N7O5S. The summed E-state index contributed by atoms with van der Waals surface area (Å²) in [6.07, 6.45) is 7.38. The number of nitrogens with two attached hydrogens (primary N) is 1. The van der Waals surface area contributed by atoms with E-state index in [1.54, 1.807) is 4.90 Å². The summed E-state index contributed by atoms with van der Waals surface area (Å²) in [4.78, 5) is 77.8. The third-order valence-electron chi connectivity index (χ3n) is 13.5. The molecule has 0 aromatic carbocycles. The van der Waals surface area contributed by atoms with Gasteiger partial charge in [-0.15, -0.1) is 11.3 Å². The van der Waals surface area contributed by atoms with Crippen LogP contribution < -0.4 is 16.4 Å². The average Bonchev–Trinajstić information content (AvgIpc) is 3.42. The number of hydrogen-bond acceptors (Lipinski definition) is 9. The van der Waals surface area contributed by atoms with Crippen LogP contribution >= 0.6 is 11.3 Å². The van der Waals surface area contributed by atoms with E-state index in [2.05, 4.69) is 36.3 Å². The lowest BCUT2D eigenvalue weighted by Gasteiger charge is -2.36. The topological polar surface area (TPSA) is 158 Å². The number of primary amides is 1. The van der Waals surface area contributed by atoms with Gasteiger partial charge in [-0.05, 0) is 54.4 Å². The average molecular weight is 712 g/mol. The van der Waals surface area contributed by atoms with Crippen molar-refractivity contribution in [1.82, 2.24) is 25.0 Å². The van der Waals surface area contributed by atoms with Gasteiger partial charge in [0.05, 0.1) is 18.2 Å². The normalized spacial score (nSPS) is 27.0. The number of nitrogens with zero attached hydrogens (tertiary/aromatic N) is 4. The summed E-state index contributed by atoms with van der Waals surface area (Å²) in [6.45, 7) is 17.3. The number of aromatic nitrogens is 1. The highest BCUT2D eigenvalue weighted by molar-refractivity contribution is 7.13. The number of fused-ring (bicyclic) bond motifs is 1. The lowest BCUT2D eigenvalue weighted by atomic mass is 9.73. The second-order valence-electron chi connectivity index (χ2n) is 17.2. The summed E-state index contributed by atoms with van der Waals surface area (Å²) in [5.41, 5.74) is 5.40. The molecule has 3 heterocycles. The molecule has 2 spiro atoms. The quantitative estimate of drug-likeness (QED) is 0.279. The van der Waals surface area contributed by atoms with E-state index in [1.165, 1.54) is 11.3 Å². The van der Waals surface area contributed by atoms with Gasteiger partial charge in [0.25, 0.3) is 5.91 Å². The summed E-state index contributed by atoms with van der Waals surface area (Å²) >= 11 is 1.37. The largest absolute Gasteiger partial charge is 0.363 e. The van der Waals surface area contributed by atoms with E-state index in [9.17, 15) is 24.0 Å². The van der Waals surface area contributed by atoms with E-state index < -0.39 is 41.1 Å². The molecule has 0 bridgehead atoms. The van der Waals surface area contributed by atoms with Crippen LogP contribution in [0.1, 0.15) is 98.6 Å². The van der Waals surface area contributed by atoms with Crippen molar-refractivity contribution in [2.45, 2.75) is 117 Å². The zero-order valence-corrected chi connectivity index (χ0v) is 31.6. The Morgan fingerprint density at radius 2 is 1.72 bits per heavy atom. The summed E-state index contributed by atoms with van der Waals surface area (Å²) in [5, 5.41) is 8.75. The number of Topliss-reactive ketones (excluding diaryl/α,β-unsaturated/α-hetero) is 1. The molecule has 6 rings (SSSR count). The highest BCUT2D eigenvalue weighted by Crippen LogP contribution is 2.88. The van der Waals surface area contributed by atoms with Gasteiger partial charge >= 0.3 is 0 Å². The monoisotopic (exact) mass is 711 g/mol. The molecule has 1 aromatic rings. The number of carbonyl (C=O) groups is 5. The van der Waals surface area contributed by atoms with Crippen LogP contribution in [-0.2, 0) is 30.4 Å². The van der Waals surface area contributed by atoms with Crippen molar-refractivity contribution in [1.29, 1.82) is 0 Å². The summed E-state index contributed by atoms with van der Waals surface area (Å²) in [5.74, 6) is -2.11. The molecular weight excluding hydrogens is 655 g/mol. The van der Waals surface area contributed by atoms with Crippen molar-refractivity contribution < 1.29 is 24.0 Å². The smallest absolute Gasteiger partial charge is 0.287 e. The molecule has 276 valence electrons. The molecule has 0 radical (unpaired) electrons. The summed E-state index contributed by atoms with van der Waals surface area (Å²) < 4.78 is 0. The van der Waals surface area contributed by atoms with E-state index >= 15 is 0 Å². The first-order valence-corrected chi connectivity index (χ1v) is 19.6. The van der Waals surface area contributed by atoms with Crippen LogP contribution in [0.5, 0.6) is 0 Å². The van der Waals surface area contributed by atoms with Gasteiger partial charge in [0, 0.05) is 43.5 Å². The number of piperazine rings is 1. The van der Waals surface area contributed by atoms with Crippen molar-refractivity contribution in [3.05, 3.63) is 11.1 Å². The molecule has 1 aromatic heterocycles. The number of rotatable bonds is 12. The van der Waals surface area contributed by atoms with Crippen molar-refractivity contribution >= 4 is 45.9 Å². The second kappa shape index (κ2) is 13.5. The Hall–Kier alpha value is -3.06. The van der Waals surface area contributed by atoms with Gasteiger partial charge in [0.15, 0.2) is 5.13 Å². The number of amides is 4. The lowest BCUT2D eigenvalue weighted by Crippen LogP contribution is -2.57. The Balaban J connectivity index is 1.21. The van der Waals surface area contributed by atoms with Gasteiger partial charge in [-0.25, -0.2) is 4.98 Å². The predicted molar refractivity (Wildman–Crippen MR) is 192 cm³/mol. The highest BCUT2D eigenvalue weighted by atomic mass is 32.1. The first-order valence-electron chi connectivity index (χ1n) is 18.7. The van der Waals surface area contributed by atoms with Crippen molar-refractivity contribution in [3.63, 3.8) is 0 Å². The highest BCUT2D eigenvalue weighted by Gasteiger charge is 2.85. The molecule has 1 unspecified atom stereocenters. The third-order valence-corrected chi connectivity index (χ3v) is 14.3. The zero-order chi connectivity index (χ0) is 36.2. The molecule has 2 aliphatic heterocycles. The maximum absolute atomic E-state index is 14.8. The van der Waals surface area contributed by atoms with Crippen LogP contribution in [-0.4, -0.2) is 106 Å². The molecule has 3 aliphatic carbocycles. The zero-order valence-electron chi connectivity index (χ0n) is 30.8. The number of anilines is 1. The van der Waals surface area contributed by atoms with Crippen LogP contribution in [0.3, 0.4) is 0 Å². The third kappa shape index (κ3) is 6.34. The van der Waals surface area contributed by atoms with Crippen LogP contribution in [0, 0.1) is 27.6 Å². The van der Waals surface area contributed by atoms with Crippen LogP contribution in [0.25, 0.3) is 0 Å². The second-order valence-corrected chi connectivity index (χ2v) is 18.1. The number of likely N-dealkylation sites (tertiary alicyclic amines) is 1. The number of hydrogen-bond donors (Lipinski definition) is 3. The molecule has 5 fully saturated rings. The molecule has 12 nitrogen and oxygen atoms in total. The number of carbonyl (C=O) groups excluding carboxylic acids is 5. The first kappa shape index (κ1) is 36.7. The molecule has 4 N–H and O–H groups in total. The summed E-state index contributed by atoms with van der Waals surface area (Å²) in [6, 6.07) is -2.48. The molecule has 2 saturated heterocycles. The van der Waals surface area contributed by atoms with E-state index in [4.69, 9.17) is 10.7 Å². The number of ketones is 1. The molecule has 4 amide bonds. The Bertz CT molecular complexity index is 1500. The van der Waals surface area contributed by atoms with Gasteiger partial charge in [-0.1, -0.05) is 67.2 Å². The maximum atomic E-state index is 14.8. The van der Waals surface area contributed by atoms with Crippen molar-refractivity contribution in [2.75, 3.05) is 44.6 Å². The molecule has 50 heavy (non-hydrogen) atoms. The fourth-order valence-electron chi connectivity index (χ4n) is 9.77. The van der Waals surface area contributed by atoms with Crippen LogP contribution in [0.2, 0.25) is 0 Å². The van der Waals surface area contributed by atoms with Crippen molar-refractivity contribution in [3.8, 4) is 0 Å². The Morgan fingerprint density at radius 1 is 1.04 bits per heavy atom.